The summed E-state index contributed by atoms with van der Waals surface area (Å²) in [7, 11) is 0. The maximum atomic E-state index is 10.6. The Labute approximate surface area is 166 Å². The summed E-state index contributed by atoms with van der Waals surface area (Å²) >= 11 is 1.17. The molecule has 0 aliphatic heterocycles. The van der Waals surface area contributed by atoms with Gasteiger partial charge in [0.1, 0.15) is 0 Å². The second-order valence-corrected chi connectivity index (χ2v) is 6.33. The van der Waals surface area contributed by atoms with Crippen LogP contribution in [-0.4, -0.2) is 32.5 Å². The summed E-state index contributed by atoms with van der Waals surface area (Å²) in [6, 6.07) is 11.8. The molecule has 0 fully saturated rings. The van der Waals surface area contributed by atoms with Crippen LogP contribution in [0, 0.1) is 20.2 Å². The van der Waals surface area contributed by atoms with E-state index >= 15 is 0 Å². The molecule has 13 heteroatoms. The number of aromatic nitrogens is 2. The maximum absolute atomic E-state index is 10.6. The summed E-state index contributed by atoms with van der Waals surface area (Å²) in [6.07, 6.45) is 2.98. The molecule has 29 heavy (non-hydrogen) atoms. The van der Waals surface area contributed by atoms with Crippen LogP contribution in [-0.2, 0) is 0 Å². The van der Waals surface area contributed by atoms with Crippen LogP contribution < -0.4 is 10.9 Å². The van der Waals surface area contributed by atoms with Crippen LogP contribution in [0.3, 0.4) is 0 Å². The van der Waals surface area contributed by atoms with E-state index in [9.17, 15) is 20.2 Å². The molecule has 3 rings (SSSR count). The van der Waals surface area contributed by atoms with Crippen LogP contribution in [0.5, 0.6) is 0 Å². The summed E-state index contributed by atoms with van der Waals surface area (Å²) in [5.74, 6) is 0. The number of nitro benzene ring substituents is 2. The third kappa shape index (κ3) is 5.61. The second kappa shape index (κ2) is 9.09. The summed E-state index contributed by atoms with van der Waals surface area (Å²) in [5.41, 5.74) is 6.77. The topological polar surface area (TPSA) is 161 Å². The zero-order valence-electron chi connectivity index (χ0n) is 14.5. The molecule has 0 aliphatic carbocycles. The molecule has 0 atom stereocenters. The van der Waals surface area contributed by atoms with Crippen LogP contribution in [0.25, 0.3) is 0 Å². The van der Waals surface area contributed by atoms with Gasteiger partial charge in [-0.15, -0.1) is 10.2 Å². The van der Waals surface area contributed by atoms with Crippen molar-refractivity contribution in [1.82, 2.24) is 10.2 Å². The van der Waals surface area contributed by atoms with Gasteiger partial charge in [0.15, 0.2) is 0 Å². The minimum atomic E-state index is -0.473. The van der Waals surface area contributed by atoms with Crippen LogP contribution in [0.1, 0.15) is 11.1 Å². The van der Waals surface area contributed by atoms with Crippen molar-refractivity contribution in [2.45, 2.75) is 0 Å². The molecule has 0 aliphatic rings. The minimum Gasteiger partial charge on any atom is -0.258 e. The number of anilines is 2. The number of nitro groups is 2. The van der Waals surface area contributed by atoms with E-state index < -0.39 is 9.85 Å². The summed E-state index contributed by atoms with van der Waals surface area (Å²) < 4.78 is 0. The highest BCUT2D eigenvalue weighted by Crippen LogP contribution is 2.20. The Bertz CT molecular complexity index is 979. The van der Waals surface area contributed by atoms with Crippen LogP contribution >= 0.6 is 11.3 Å². The molecule has 12 nitrogen and oxygen atoms in total. The van der Waals surface area contributed by atoms with Crippen LogP contribution in [0.4, 0.5) is 21.6 Å². The number of benzene rings is 2. The maximum Gasteiger partial charge on any atom is 0.269 e. The first-order valence-electron chi connectivity index (χ1n) is 7.92. The van der Waals surface area contributed by atoms with Gasteiger partial charge in [-0.05, 0) is 35.4 Å². The highest BCUT2D eigenvalue weighted by atomic mass is 32.1. The smallest absolute Gasteiger partial charge is 0.258 e. The fraction of sp³-hybridized carbons (Fsp3) is 0. The van der Waals surface area contributed by atoms with Crippen molar-refractivity contribution in [2.75, 3.05) is 10.9 Å². The van der Waals surface area contributed by atoms with Gasteiger partial charge in [0.2, 0.25) is 10.3 Å². The van der Waals surface area contributed by atoms with E-state index in [4.69, 9.17) is 0 Å². The van der Waals surface area contributed by atoms with E-state index in [1.807, 2.05) is 0 Å². The first-order valence-corrected chi connectivity index (χ1v) is 8.73. The fourth-order valence-electron chi connectivity index (χ4n) is 2.00. The monoisotopic (exact) mass is 412 g/mol. The van der Waals surface area contributed by atoms with E-state index in [1.165, 1.54) is 48.0 Å². The zero-order valence-corrected chi connectivity index (χ0v) is 15.3. The minimum absolute atomic E-state index is 0.00392. The number of nitrogens with one attached hydrogen (secondary N) is 2. The molecule has 1 heterocycles. The average molecular weight is 412 g/mol. The van der Waals surface area contributed by atoms with Crippen molar-refractivity contribution in [2.24, 2.45) is 10.2 Å². The molecular weight excluding hydrogens is 400 g/mol. The SMILES string of the molecule is O=[N+]([O-])c1ccc(/C=N/Nc2nnc(N/N=C/c3ccc([N+](=O)[O-])cc3)s2)cc1. The molecule has 1 aromatic heterocycles. The van der Waals surface area contributed by atoms with Crippen LogP contribution in [0.2, 0.25) is 0 Å². The molecule has 0 amide bonds. The molecule has 2 N–H and O–H groups in total. The van der Waals surface area contributed by atoms with E-state index in [1.54, 1.807) is 24.3 Å². The van der Waals surface area contributed by atoms with Gasteiger partial charge in [-0.3, -0.25) is 31.1 Å². The first-order chi connectivity index (χ1) is 14.0. The molecule has 3 aromatic rings. The summed E-state index contributed by atoms with van der Waals surface area (Å²) in [6.45, 7) is 0. The third-order valence-electron chi connectivity index (χ3n) is 3.38. The standard InChI is InChI=1S/C16H12N8O4S/c25-23(26)13-5-1-11(2-6-13)9-17-19-15-21-22-16(29-15)20-18-10-12-3-7-14(8-4-12)24(27)28/h1-10H,(H,19,21)(H,20,22)/b17-9+,18-10+. The third-order valence-corrected chi connectivity index (χ3v) is 4.11. The van der Waals surface area contributed by atoms with Gasteiger partial charge in [-0.1, -0.05) is 11.3 Å². The van der Waals surface area contributed by atoms with Crippen LogP contribution in [0.15, 0.2) is 58.7 Å². The van der Waals surface area contributed by atoms with E-state index in [0.717, 1.165) is 0 Å². The zero-order chi connectivity index (χ0) is 20.6. The lowest BCUT2D eigenvalue weighted by Gasteiger charge is -1.95. The Morgan fingerprint density at radius 2 is 1.14 bits per heavy atom. The molecular formula is C16H12N8O4S. The van der Waals surface area contributed by atoms with E-state index in [0.29, 0.717) is 21.4 Å². The predicted molar refractivity (Wildman–Crippen MR) is 109 cm³/mol. The van der Waals surface area contributed by atoms with Gasteiger partial charge < -0.3 is 0 Å². The quantitative estimate of drug-likeness (QED) is 0.324. The molecule has 0 saturated carbocycles. The van der Waals surface area contributed by atoms with Crippen molar-refractivity contribution >= 4 is 45.4 Å². The number of hydrogen-bond acceptors (Lipinski definition) is 11. The Morgan fingerprint density at radius 1 is 0.759 bits per heavy atom. The lowest BCUT2D eigenvalue weighted by Crippen LogP contribution is -1.91. The largest absolute Gasteiger partial charge is 0.269 e. The molecule has 0 unspecified atom stereocenters. The van der Waals surface area contributed by atoms with Gasteiger partial charge in [-0.25, -0.2) is 0 Å². The van der Waals surface area contributed by atoms with Crippen molar-refractivity contribution in [3.63, 3.8) is 0 Å². The molecule has 146 valence electrons. The Balaban J connectivity index is 1.51. The van der Waals surface area contributed by atoms with Crippen molar-refractivity contribution in [3.05, 3.63) is 79.9 Å². The van der Waals surface area contributed by atoms with Gasteiger partial charge in [0.05, 0.1) is 22.3 Å². The highest BCUT2D eigenvalue weighted by Gasteiger charge is 2.04. The van der Waals surface area contributed by atoms with Gasteiger partial charge in [0.25, 0.3) is 11.4 Å². The van der Waals surface area contributed by atoms with E-state index in [2.05, 4.69) is 31.3 Å². The molecule has 2 aromatic carbocycles. The van der Waals surface area contributed by atoms with Gasteiger partial charge >= 0.3 is 0 Å². The lowest BCUT2D eigenvalue weighted by molar-refractivity contribution is -0.385. The number of non-ortho nitro benzene ring substituents is 2. The molecule has 0 radical (unpaired) electrons. The van der Waals surface area contributed by atoms with E-state index in [-0.39, 0.29) is 11.4 Å². The van der Waals surface area contributed by atoms with Gasteiger partial charge in [0, 0.05) is 24.3 Å². The molecule has 0 saturated heterocycles. The second-order valence-electron chi connectivity index (χ2n) is 5.35. The fourth-order valence-corrected chi connectivity index (χ4v) is 2.54. The Kier molecular flexibility index (Phi) is 6.12. The predicted octanol–water partition coefficient (Wildman–Crippen LogP) is 3.25. The van der Waals surface area contributed by atoms with Gasteiger partial charge in [-0.2, -0.15) is 10.2 Å². The molecule has 0 bridgehead atoms. The Hall–Kier alpha value is -4.26. The Morgan fingerprint density at radius 3 is 1.48 bits per heavy atom. The number of rotatable bonds is 8. The normalized spacial score (nSPS) is 11.0. The van der Waals surface area contributed by atoms with Crippen molar-refractivity contribution < 1.29 is 9.85 Å². The highest BCUT2D eigenvalue weighted by molar-refractivity contribution is 7.18. The van der Waals surface area contributed by atoms with Crippen molar-refractivity contribution in [3.8, 4) is 0 Å². The summed E-state index contributed by atoms with van der Waals surface area (Å²) in [5, 5.41) is 37.8. The summed E-state index contributed by atoms with van der Waals surface area (Å²) in [4.78, 5) is 20.3. The number of hydrazone groups is 2. The number of nitrogens with zero attached hydrogens (tertiary/aromatic N) is 6. The van der Waals surface area contributed by atoms with Crippen molar-refractivity contribution in [1.29, 1.82) is 0 Å². The average Bonchev–Trinajstić information content (AvgIpc) is 3.16. The molecule has 0 spiro atoms. The lowest BCUT2D eigenvalue weighted by atomic mass is 10.2. The number of hydrogen-bond donors (Lipinski definition) is 2. The first kappa shape index (κ1) is 19.5.